The van der Waals surface area contributed by atoms with Crippen molar-refractivity contribution < 1.29 is 18.0 Å². The van der Waals surface area contributed by atoms with Crippen LogP contribution in [0.25, 0.3) is 0 Å². The van der Waals surface area contributed by atoms with Gasteiger partial charge in [-0.25, -0.2) is 0 Å². The Balaban J connectivity index is 1.25. The minimum atomic E-state index is -4.68. The fourth-order valence-corrected chi connectivity index (χ4v) is 5.74. The second-order valence-electron chi connectivity index (χ2n) is 10.4. The van der Waals surface area contributed by atoms with Gasteiger partial charge in [0.15, 0.2) is 0 Å². The summed E-state index contributed by atoms with van der Waals surface area (Å²) in [6.07, 6.45) is 4.48. The van der Waals surface area contributed by atoms with Crippen molar-refractivity contribution in [2.75, 3.05) is 38.0 Å². The third-order valence-electron chi connectivity index (χ3n) is 8.09. The highest BCUT2D eigenvalue weighted by Gasteiger charge is 2.47. The van der Waals surface area contributed by atoms with Crippen LogP contribution in [0.3, 0.4) is 0 Å². The molecule has 1 aromatic carbocycles. The maximum absolute atomic E-state index is 13.4. The first-order valence-electron chi connectivity index (χ1n) is 12.7. The fourth-order valence-electron chi connectivity index (χ4n) is 5.74. The third kappa shape index (κ3) is 4.87. The first kappa shape index (κ1) is 24.8. The number of alkyl halides is 3. The zero-order chi connectivity index (χ0) is 25.3. The number of aromatic nitrogens is 2. The number of carbonyl (C=O) groups is 1. The van der Waals surface area contributed by atoms with E-state index in [1.54, 1.807) is 10.8 Å². The van der Waals surface area contributed by atoms with E-state index < -0.39 is 22.8 Å². The summed E-state index contributed by atoms with van der Waals surface area (Å²) >= 11 is 0. The van der Waals surface area contributed by atoms with Crippen LogP contribution < -0.4 is 10.6 Å². The van der Waals surface area contributed by atoms with Crippen molar-refractivity contribution in [3.63, 3.8) is 0 Å². The Morgan fingerprint density at radius 3 is 2.64 bits per heavy atom. The Labute approximate surface area is 208 Å². The van der Waals surface area contributed by atoms with Gasteiger partial charge in [0.25, 0.3) is 5.91 Å². The molecule has 10 heteroatoms. The summed E-state index contributed by atoms with van der Waals surface area (Å²) in [5.41, 5.74) is -1.28. The molecule has 1 unspecified atom stereocenters. The molecule has 0 bridgehead atoms. The van der Waals surface area contributed by atoms with Gasteiger partial charge in [-0.3, -0.25) is 9.48 Å². The smallest absolute Gasteiger partial charge is 0.324 e. The summed E-state index contributed by atoms with van der Waals surface area (Å²) in [6, 6.07) is 4.82. The number of amides is 1. The molecule has 3 heterocycles. The van der Waals surface area contributed by atoms with Crippen molar-refractivity contribution in [1.29, 1.82) is 5.26 Å². The standard InChI is InChI=1S/C26H31F3N6O/c27-26(28,29)23-12-22(3-2-20(23)13-30)33-24(36)25(7-1-8-25)35-17-21(15-32-35)19-5-10-34(11-6-19)16-18-4-9-31-14-18/h2-3,12,15,17-19,31H,1,4-11,14,16H2,(H,33,36). The minimum Gasteiger partial charge on any atom is -0.324 e. The van der Waals surface area contributed by atoms with E-state index in [1.165, 1.54) is 12.5 Å². The van der Waals surface area contributed by atoms with E-state index >= 15 is 0 Å². The topological polar surface area (TPSA) is 86.0 Å². The first-order valence-corrected chi connectivity index (χ1v) is 12.7. The van der Waals surface area contributed by atoms with Crippen LogP contribution in [0.1, 0.15) is 61.1 Å². The van der Waals surface area contributed by atoms with Gasteiger partial charge in [0.1, 0.15) is 5.54 Å². The van der Waals surface area contributed by atoms with Crippen LogP contribution in [-0.4, -0.2) is 53.3 Å². The van der Waals surface area contributed by atoms with E-state index in [-0.39, 0.29) is 11.6 Å². The zero-order valence-electron chi connectivity index (χ0n) is 20.2. The summed E-state index contributed by atoms with van der Waals surface area (Å²) in [5.74, 6) is 0.760. The number of nitriles is 1. The van der Waals surface area contributed by atoms with E-state index in [2.05, 4.69) is 20.6 Å². The van der Waals surface area contributed by atoms with Crippen LogP contribution in [-0.2, 0) is 16.5 Å². The lowest BCUT2D eigenvalue weighted by atomic mass is 9.76. The Kier molecular flexibility index (Phi) is 6.79. The Bertz CT molecular complexity index is 1140. The quantitative estimate of drug-likeness (QED) is 0.624. The molecule has 36 heavy (non-hydrogen) atoms. The Morgan fingerprint density at radius 1 is 1.25 bits per heavy atom. The largest absolute Gasteiger partial charge is 0.417 e. The molecular formula is C26H31F3N6O. The van der Waals surface area contributed by atoms with Gasteiger partial charge < -0.3 is 15.5 Å². The van der Waals surface area contributed by atoms with E-state index in [1.807, 2.05) is 12.4 Å². The van der Waals surface area contributed by atoms with Crippen molar-refractivity contribution in [3.8, 4) is 6.07 Å². The third-order valence-corrected chi connectivity index (χ3v) is 8.09. The number of hydrogen-bond donors (Lipinski definition) is 2. The number of piperidine rings is 1. The van der Waals surface area contributed by atoms with Gasteiger partial charge in [-0.2, -0.15) is 23.5 Å². The number of anilines is 1. The van der Waals surface area contributed by atoms with Crippen LogP contribution >= 0.6 is 0 Å². The van der Waals surface area contributed by atoms with Gasteiger partial charge in [-0.15, -0.1) is 0 Å². The van der Waals surface area contributed by atoms with Crippen molar-refractivity contribution in [1.82, 2.24) is 20.0 Å². The van der Waals surface area contributed by atoms with Gasteiger partial charge in [-0.1, -0.05) is 0 Å². The number of hydrogen-bond acceptors (Lipinski definition) is 5. The predicted octanol–water partition coefficient (Wildman–Crippen LogP) is 4.08. The van der Waals surface area contributed by atoms with Crippen LogP contribution in [0, 0.1) is 17.2 Å². The average Bonchev–Trinajstić information content (AvgIpc) is 3.51. The number of benzene rings is 1. The molecule has 7 nitrogen and oxygen atoms in total. The molecule has 1 aromatic heterocycles. The molecule has 2 N–H and O–H groups in total. The number of halogens is 3. The summed E-state index contributed by atoms with van der Waals surface area (Å²) in [7, 11) is 0. The number of likely N-dealkylation sites (tertiary alicyclic amines) is 1. The molecule has 1 atom stereocenters. The van der Waals surface area contributed by atoms with E-state index in [0.717, 1.165) is 75.6 Å². The van der Waals surface area contributed by atoms with Gasteiger partial charge in [-0.05, 0) is 100 Å². The Hall–Kier alpha value is -2.90. The van der Waals surface area contributed by atoms with Gasteiger partial charge in [0.05, 0.1) is 23.4 Å². The molecule has 3 aliphatic rings. The molecular weight excluding hydrogens is 469 g/mol. The highest BCUT2D eigenvalue weighted by Crippen LogP contribution is 2.41. The normalized spacial score (nSPS) is 22.7. The first-order chi connectivity index (χ1) is 17.3. The van der Waals surface area contributed by atoms with Gasteiger partial charge in [0, 0.05) is 18.4 Å². The molecule has 2 aromatic rings. The van der Waals surface area contributed by atoms with E-state index in [0.29, 0.717) is 18.8 Å². The molecule has 192 valence electrons. The molecule has 0 radical (unpaired) electrons. The molecule has 1 amide bonds. The molecule has 3 fully saturated rings. The lowest BCUT2D eigenvalue weighted by molar-refractivity contribution is -0.137. The number of nitrogens with one attached hydrogen (secondary N) is 2. The number of carbonyl (C=O) groups excluding carboxylic acids is 1. The summed E-state index contributed by atoms with van der Waals surface area (Å²) in [4.78, 5) is 15.8. The molecule has 2 aliphatic heterocycles. The molecule has 5 rings (SSSR count). The highest BCUT2D eigenvalue weighted by atomic mass is 19.4. The van der Waals surface area contributed by atoms with Gasteiger partial charge in [0.2, 0.25) is 0 Å². The fraction of sp³-hybridized carbons (Fsp3) is 0.577. The molecule has 1 aliphatic carbocycles. The number of nitrogens with zero attached hydrogens (tertiary/aromatic N) is 4. The molecule has 0 spiro atoms. The monoisotopic (exact) mass is 500 g/mol. The van der Waals surface area contributed by atoms with Crippen molar-refractivity contribution in [3.05, 3.63) is 47.3 Å². The lowest BCUT2D eigenvalue weighted by Gasteiger charge is -2.40. The minimum absolute atomic E-state index is 0.0230. The van der Waals surface area contributed by atoms with E-state index in [9.17, 15) is 18.0 Å². The van der Waals surface area contributed by atoms with Crippen LogP contribution in [0.15, 0.2) is 30.6 Å². The lowest BCUT2D eigenvalue weighted by Crippen LogP contribution is -2.51. The van der Waals surface area contributed by atoms with Crippen LogP contribution in [0.5, 0.6) is 0 Å². The van der Waals surface area contributed by atoms with Crippen molar-refractivity contribution >= 4 is 11.6 Å². The average molecular weight is 501 g/mol. The summed E-state index contributed by atoms with van der Waals surface area (Å²) in [6.45, 7) is 5.48. The highest BCUT2D eigenvalue weighted by molar-refractivity contribution is 5.97. The molecule has 2 saturated heterocycles. The molecule has 1 saturated carbocycles. The van der Waals surface area contributed by atoms with Gasteiger partial charge >= 0.3 is 6.18 Å². The summed E-state index contributed by atoms with van der Waals surface area (Å²) in [5, 5.41) is 19.6. The van der Waals surface area contributed by atoms with Crippen molar-refractivity contribution in [2.24, 2.45) is 5.92 Å². The maximum atomic E-state index is 13.4. The Morgan fingerprint density at radius 2 is 2.03 bits per heavy atom. The predicted molar refractivity (Wildman–Crippen MR) is 128 cm³/mol. The van der Waals surface area contributed by atoms with Crippen LogP contribution in [0.2, 0.25) is 0 Å². The van der Waals surface area contributed by atoms with Crippen LogP contribution in [0.4, 0.5) is 18.9 Å². The van der Waals surface area contributed by atoms with E-state index in [4.69, 9.17) is 5.26 Å². The second kappa shape index (κ2) is 9.87. The SMILES string of the molecule is N#Cc1ccc(NC(=O)C2(n3cc(C4CCN(CC5CCNC5)CC4)cn3)CCC2)cc1C(F)(F)F. The zero-order valence-corrected chi connectivity index (χ0v) is 20.2. The van der Waals surface area contributed by atoms with Crippen molar-refractivity contribution in [2.45, 2.75) is 56.2 Å². The second-order valence-corrected chi connectivity index (χ2v) is 10.4. The summed E-state index contributed by atoms with van der Waals surface area (Å²) < 4.78 is 41.8. The maximum Gasteiger partial charge on any atom is 0.417 e. The number of rotatable bonds is 6.